The number of anilines is 1. The van der Waals surface area contributed by atoms with E-state index < -0.39 is 17.3 Å². The van der Waals surface area contributed by atoms with Crippen molar-refractivity contribution in [1.29, 1.82) is 0 Å². The van der Waals surface area contributed by atoms with Gasteiger partial charge < -0.3 is 19.3 Å². The van der Waals surface area contributed by atoms with E-state index in [0.717, 1.165) is 6.07 Å². The molecule has 3 heterocycles. The Hall–Kier alpha value is -2.99. The molecular formula is C29H31ClF2N4O4S. The van der Waals surface area contributed by atoms with E-state index in [1.165, 1.54) is 30.0 Å². The Bertz CT molecular complexity index is 1560. The minimum atomic E-state index is -0.755. The van der Waals surface area contributed by atoms with Crippen molar-refractivity contribution in [2.24, 2.45) is 0 Å². The molecule has 41 heavy (non-hydrogen) atoms. The second-order valence-corrected chi connectivity index (χ2v) is 11.7. The fraction of sp³-hybridized carbons (Fsp3) is 0.414. The molecule has 1 aromatic heterocycles. The number of ether oxygens (including phenoxy) is 2. The van der Waals surface area contributed by atoms with Crippen LogP contribution in [0.5, 0.6) is 0 Å². The Morgan fingerprint density at radius 2 is 1.93 bits per heavy atom. The largest absolute Gasteiger partial charge is 0.382 e. The Morgan fingerprint density at radius 3 is 2.59 bits per heavy atom. The number of benzene rings is 2. The zero-order valence-corrected chi connectivity index (χ0v) is 24.6. The first-order valence-electron chi connectivity index (χ1n) is 13.3. The van der Waals surface area contributed by atoms with Crippen molar-refractivity contribution in [3.63, 3.8) is 0 Å². The summed E-state index contributed by atoms with van der Waals surface area (Å²) < 4.78 is 41.6. The highest BCUT2D eigenvalue weighted by molar-refractivity contribution is 7.99. The van der Waals surface area contributed by atoms with Gasteiger partial charge in [0.05, 0.1) is 36.4 Å². The Balaban J connectivity index is 1.70. The van der Waals surface area contributed by atoms with Gasteiger partial charge >= 0.3 is 5.69 Å². The van der Waals surface area contributed by atoms with Gasteiger partial charge in [0.25, 0.3) is 0 Å². The van der Waals surface area contributed by atoms with Crippen molar-refractivity contribution in [2.75, 3.05) is 44.1 Å². The van der Waals surface area contributed by atoms with E-state index in [-0.39, 0.29) is 41.2 Å². The first-order valence-corrected chi connectivity index (χ1v) is 14.7. The molecule has 3 aromatic rings. The number of aromatic nitrogens is 2. The maximum atomic E-state index is 15.1. The summed E-state index contributed by atoms with van der Waals surface area (Å²) >= 11 is 8.28. The zero-order valence-electron chi connectivity index (χ0n) is 23.0. The van der Waals surface area contributed by atoms with Crippen molar-refractivity contribution in [3.8, 4) is 11.1 Å². The van der Waals surface area contributed by atoms with Crippen molar-refractivity contribution >= 4 is 46.0 Å². The number of carbonyl (C=O) groups is 1. The minimum absolute atomic E-state index is 0.135. The molecule has 0 saturated carbocycles. The van der Waals surface area contributed by atoms with Gasteiger partial charge in [-0.3, -0.25) is 9.36 Å². The number of thioether (sulfide) groups is 1. The molecule has 0 aliphatic carbocycles. The molecule has 2 aliphatic heterocycles. The number of halogens is 3. The number of methoxy groups -OCH3 is 1. The lowest BCUT2D eigenvalue weighted by atomic mass is 10.0. The monoisotopic (exact) mass is 604 g/mol. The van der Waals surface area contributed by atoms with Crippen LogP contribution >= 0.6 is 23.4 Å². The third-order valence-corrected chi connectivity index (χ3v) is 8.96. The molecule has 0 spiro atoms. The van der Waals surface area contributed by atoms with E-state index in [2.05, 4.69) is 11.6 Å². The quantitative estimate of drug-likeness (QED) is 0.285. The summed E-state index contributed by atoms with van der Waals surface area (Å²) in [5.41, 5.74) is 0.605. The van der Waals surface area contributed by atoms with E-state index in [4.69, 9.17) is 21.1 Å². The molecule has 2 aromatic carbocycles. The van der Waals surface area contributed by atoms with Gasteiger partial charge in [0, 0.05) is 65.5 Å². The third kappa shape index (κ3) is 5.60. The smallest absolute Gasteiger partial charge is 0.350 e. The Kier molecular flexibility index (Phi) is 8.70. The number of amides is 1. The first-order chi connectivity index (χ1) is 19.6. The second kappa shape index (κ2) is 12.1. The number of hydrogen-bond acceptors (Lipinski definition) is 7. The summed E-state index contributed by atoms with van der Waals surface area (Å²) in [4.78, 5) is 35.0. The van der Waals surface area contributed by atoms with Crippen LogP contribution < -0.4 is 10.6 Å². The van der Waals surface area contributed by atoms with E-state index in [1.54, 1.807) is 22.6 Å². The molecule has 1 saturated heterocycles. The third-order valence-electron chi connectivity index (χ3n) is 7.44. The molecular weight excluding hydrogens is 574 g/mol. The first kappa shape index (κ1) is 29.5. The number of piperazine rings is 1. The topological polar surface area (TPSA) is 76.9 Å². The van der Waals surface area contributed by atoms with E-state index in [1.807, 2.05) is 18.7 Å². The van der Waals surface area contributed by atoms with Crippen molar-refractivity contribution in [1.82, 2.24) is 14.5 Å². The van der Waals surface area contributed by atoms with Crippen LogP contribution in [-0.2, 0) is 20.8 Å². The molecule has 1 fully saturated rings. The van der Waals surface area contributed by atoms with E-state index in [0.29, 0.717) is 59.2 Å². The Labute approximate surface area is 245 Å². The highest BCUT2D eigenvalue weighted by Crippen LogP contribution is 2.46. The van der Waals surface area contributed by atoms with Gasteiger partial charge in [-0.1, -0.05) is 18.2 Å². The fourth-order valence-electron chi connectivity index (χ4n) is 5.72. The summed E-state index contributed by atoms with van der Waals surface area (Å²) in [7, 11) is 1.58. The zero-order chi connectivity index (χ0) is 29.4. The summed E-state index contributed by atoms with van der Waals surface area (Å²) in [6.45, 7) is 9.33. The summed E-state index contributed by atoms with van der Waals surface area (Å²) in [6, 6.07) is 4.71. The summed E-state index contributed by atoms with van der Waals surface area (Å²) in [6.07, 6.45) is 0.951. The average molecular weight is 605 g/mol. The minimum Gasteiger partial charge on any atom is -0.382 e. The molecule has 3 atom stereocenters. The number of nitrogens with zero attached hydrogens (tertiary/aromatic N) is 4. The highest BCUT2D eigenvalue weighted by atomic mass is 35.5. The van der Waals surface area contributed by atoms with E-state index in [9.17, 15) is 14.0 Å². The lowest BCUT2D eigenvalue weighted by molar-refractivity contribution is -0.130. The maximum absolute atomic E-state index is 15.1. The van der Waals surface area contributed by atoms with Crippen LogP contribution in [0, 0.1) is 11.6 Å². The van der Waals surface area contributed by atoms with Gasteiger partial charge in [-0.15, -0.1) is 11.8 Å². The van der Waals surface area contributed by atoms with Crippen molar-refractivity contribution < 1.29 is 23.0 Å². The number of carbonyl (C=O) groups excluding carboxylic acids is 1. The van der Waals surface area contributed by atoms with Crippen molar-refractivity contribution in [2.45, 2.75) is 43.5 Å². The summed E-state index contributed by atoms with van der Waals surface area (Å²) in [5.74, 6) is -0.708. The van der Waals surface area contributed by atoms with Gasteiger partial charge in [0.15, 0.2) is 0 Å². The molecule has 1 unspecified atom stereocenters. The van der Waals surface area contributed by atoms with Crippen LogP contribution in [0.2, 0.25) is 5.02 Å². The van der Waals surface area contributed by atoms with Crippen LogP contribution in [0.4, 0.5) is 14.6 Å². The SMILES string of the molecule is C=CC(=O)N1[C@H](C)CN(c2nc(=O)n3c4c(c(-c5ccc(F)cc5F)c(Cl)cc24)SCC(OCCOC)C3)C[C@@H]1C. The summed E-state index contributed by atoms with van der Waals surface area (Å²) in [5, 5.41) is 0.878. The lowest BCUT2D eigenvalue weighted by Crippen LogP contribution is -2.58. The van der Waals surface area contributed by atoms with Crippen LogP contribution in [0.3, 0.4) is 0 Å². The van der Waals surface area contributed by atoms with Crippen LogP contribution in [0.15, 0.2) is 46.6 Å². The standard InChI is InChI=1S/C29H31ClF2N4O4S/c1-5-24(37)36-16(2)12-34(13-17(36)3)28-21-11-22(30)25(20-7-6-18(31)10-23(20)32)27-26(21)35(29(38)33-28)14-19(15-41-27)40-9-8-39-4/h5-7,10-11,16-17,19H,1,8-9,12-15H2,2-4H3/t16-,17+,19?. The molecule has 2 aliphatic rings. The van der Waals surface area contributed by atoms with Gasteiger partial charge in [0.2, 0.25) is 5.91 Å². The maximum Gasteiger partial charge on any atom is 0.350 e. The van der Waals surface area contributed by atoms with Crippen LogP contribution in [0.25, 0.3) is 22.0 Å². The molecule has 8 nitrogen and oxygen atoms in total. The lowest BCUT2D eigenvalue weighted by Gasteiger charge is -2.44. The molecule has 0 radical (unpaired) electrons. The highest BCUT2D eigenvalue weighted by Gasteiger charge is 2.35. The molecule has 218 valence electrons. The van der Waals surface area contributed by atoms with Gasteiger partial charge in [-0.2, -0.15) is 4.98 Å². The fourth-order valence-corrected chi connectivity index (χ4v) is 7.36. The molecule has 12 heteroatoms. The number of rotatable bonds is 7. The second-order valence-electron chi connectivity index (χ2n) is 10.3. The van der Waals surface area contributed by atoms with Gasteiger partial charge in [-0.25, -0.2) is 13.6 Å². The molecule has 5 rings (SSSR count). The predicted octanol–water partition coefficient (Wildman–Crippen LogP) is 4.74. The number of hydrogen-bond donors (Lipinski definition) is 0. The predicted molar refractivity (Wildman–Crippen MR) is 157 cm³/mol. The van der Waals surface area contributed by atoms with Crippen LogP contribution in [-0.4, -0.2) is 77.7 Å². The van der Waals surface area contributed by atoms with E-state index >= 15 is 4.39 Å². The molecule has 1 amide bonds. The van der Waals surface area contributed by atoms with Gasteiger partial charge in [-0.05, 0) is 38.1 Å². The van der Waals surface area contributed by atoms with Gasteiger partial charge in [0.1, 0.15) is 17.5 Å². The molecule has 0 bridgehead atoms. The Morgan fingerprint density at radius 1 is 1.20 bits per heavy atom. The molecule has 0 N–H and O–H groups in total. The normalized spacial score (nSPS) is 20.8. The average Bonchev–Trinajstić information content (AvgIpc) is 3.11. The van der Waals surface area contributed by atoms with Crippen LogP contribution in [0.1, 0.15) is 13.8 Å². The van der Waals surface area contributed by atoms with Crippen molar-refractivity contribution in [3.05, 3.63) is 64.1 Å².